The van der Waals surface area contributed by atoms with Gasteiger partial charge >= 0.3 is 38.4 Å². The van der Waals surface area contributed by atoms with Crippen LogP contribution in [0, 0.1) is 0 Å². The van der Waals surface area contributed by atoms with Gasteiger partial charge in [-0.3, -0.25) is 13.7 Å². The zero-order valence-electron chi connectivity index (χ0n) is 43.0. The number of aliphatic hydroxyl groups excluding tert-OH is 6. The first-order chi connectivity index (χ1) is 31.4. The number of hydrogen-bond donors (Lipinski definition) is 12. The number of rotatable bonds is 48. The largest absolute Gasteiger partial charge is 1.00 e. The van der Waals surface area contributed by atoms with E-state index in [-0.39, 0.29) is 49.4 Å². The van der Waals surface area contributed by atoms with Crippen LogP contribution in [0.15, 0.2) is 0 Å². The van der Waals surface area contributed by atoms with E-state index < -0.39 is 152 Å². The van der Waals surface area contributed by atoms with E-state index in [1.165, 1.54) is 83.5 Å². The molecule has 0 bridgehead atoms. The molecule has 0 heterocycles. The molecule has 28 heteroatoms. The van der Waals surface area contributed by atoms with Crippen LogP contribution in [0.5, 0.6) is 0 Å². The van der Waals surface area contributed by atoms with Gasteiger partial charge in [-0.05, 0) is 12.8 Å². The van der Waals surface area contributed by atoms with Crippen LogP contribution in [0.2, 0.25) is 6.04 Å². The molecule has 0 aromatic carbocycles. The first-order valence-electron chi connectivity index (χ1n) is 23.9. The molecule has 0 amide bonds. The minimum Gasteiger partial charge on any atom is -1.00 e. The van der Waals surface area contributed by atoms with Crippen molar-refractivity contribution in [2.75, 3.05) is 124 Å². The van der Waals surface area contributed by atoms with Gasteiger partial charge in [0.25, 0.3) is 30.4 Å². The van der Waals surface area contributed by atoms with Crippen molar-refractivity contribution in [2.45, 2.75) is 139 Å². The molecular formula is C41H93ClN4NaO18S3Si+. The van der Waals surface area contributed by atoms with Gasteiger partial charge in [-0.15, -0.1) is 12.4 Å². The van der Waals surface area contributed by atoms with Gasteiger partial charge in [-0.25, -0.2) is 0 Å². The monoisotopic (exact) mass is 1110 g/mol. The van der Waals surface area contributed by atoms with Crippen molar-refractivity contribution in [1.82, 2.24) is 16.0 Å². The Hall–Kier alpha value is 0.717. The molecule has 0 radical (unpaired) electrons. The number of halogens is 1. The van der Waals surface area contributed by atoms with Gasteiger partial charge in [0, 0.05) is 32.1 Å². The molecule has 0 unspecified atom stereocenters. The fourth-order valence-electron chi connectivity index (χ4n) is 7.26. The third-order valence-corrected chi connectivity index (χ3v) is 16.8. The summed E-state index contributed by atoms with van der Waals surface area (Å²) >= 11 is 0. The van der Waals surface area contributed by atoms with E-state index in [1.807, 2.05) is 14.1 Å². The van der Waals surface area contributed by atoms with Crippen molar-refractivity contribution in [1.29, 1.82) is 0 Å². The van der Waals surface area contributed by atoms with Gasteiger partial charge in [0.1, 0.15) is 0 Å². The first-order valence-corrected chi connectivity index (χ1v) is 30.6. The van der Waals surface area contributed by atoms with Crippen molar-refractivity contribution in [3.63, 3.8) is 0 Å². The molecule has 0 saturated heterocycles. The molecule has 0 aliphatic rings. The number of nitrogens with one attached hydrogen (secondary N) is 3. The Kier molecular flexibility index (Phi) is 42.0. The summed E-state index contributed by atoms with van der Waals surface area (Å²) in [7, 11) is -13.8. The molecule has 0 spiro atoms. The van der Waals surface area contributed by atoms with Crippen molar-refractivity contribution in [3.05, 3.63) is 0 Å². The van der Waals surface area contributed by atoms with Gasteiger partial charge in [-0.1, -0.05) is 96.8 Å². The van der Waals surface area contributed by atoms with Gasteiger partial charge in [0.2, 0.25) is 0 Å². The van der Waals surface area contributed by atoms with Crippen LogP contribution in [0.4, 0.5) is 0 Å². The average Bonchev–Trinajstić information content (AvgIpc) is 3.26. The van der Waals surface area contributed by atoms with Crippen LogP contribution in [0.3, 0.4) is 0 Å². The molecule has 12 N–H and O–H groups in total. The quantitative estimate of drug-likeness (QED) is 0.0134. The Balaban J connectivity index is -0.00000726. The molecule has 0 aromatic heterocycles. The van der Waals surface area contributed by atoms with Crippen LogP contribution in [-0.2, 0) is 43.6 Å². The molecule has 0 atom stereocenters. The first kappa shape index (κ1) is 74.0. The van der Waals surface area contributed by atoms with Crippen LogP contribution >= 0.6 is 12.4 Å². The number of aliphatic hydroxyl groups is 6. The molecule has 69 heavy (non-hydrogen) atoms. The molecule has 0 aliphatic heterocycles. The molecule has 0 saturated carbocycles. The van der Waals surface area contributed by atoms with E-state index in [9.17, 15) is 69.6 Å². The van der Waals surface area contributed by atoms with E-state index in [0.717, 1.165) is 25.8 Å². The third-order valence-electron chi connectivity index (χ3n) is 12.0. The average molecular weight is 1110 g/mol. The summed E-state index contributed by atoms with van der Waals surface area (Å²) in [5, 5.41) is 70.7. The second-order valence-electron chi connectivity index (χ2n) is 18.8. The SMILES string of the molecule is CCCCCCCCCCCCCCCCCC[N+](C)(C)CCC[Si](OCC(CO)(CO)NCCS(=O)(=O)O)(OCC(CO)(CO)NCCS(=O)(=O)O)OCC(CO)(CO)NCCS(=O)(=O)O.Cl.[H-].[Na+]. The maximum atomic E-state index is 11.5. The minimum atomic E-state index is -4.47. The molecule has 414 valence electrons. The van der Waals surface area contributed by atoms with E-state index in [4.69, 9.17) is 13.3 Å². The normalized spacial score (nSPS) is 13.4. The zero-order valence-corrected chi connectivity index (χ0v) is 48.3. The molecule has 22 nitrogen and oxygen atoms in total. The smallest absolute Gasteiger partial charge is 1.00 e. The van der Waals surface area contributed by atoms with Crippen LogP contribution in [0.1, 0.15) is 118 Å². The Morgan fingerprint density at radius 3 is 0.957 bits per heavy atom. The Labute approximate surface area is 445 Å². The summed E-state index contributed by atoms with van der Waals surface area (Å²) in [6.07, 6.45) is 20.2. The predicted molar refractivity (Wildman–Crippen MR) is 267 cm³/mol. The molecule has 0 fully saturated rings. The second-order valence-corrected chi connectivity index (χ2v) is 26.2. The van der Waals surface area contributed by atoms with Gasteiger partial charge in [-0.2, -0.15) is 25.3 Å². The Bertz CT molecular complexity index is 1470. The van der Waals surface area contributed by atoms with Crippen molar-refractivity contribution < 1.29 is 118 Å². The maximum Gasteiger partial charge on any atom is 1.00 e. The van der Waals surface area contributed by atoms with E-state index in [2.05, 4.69) is 22.9 Å². The van der Waals surface area contributed by atoms with Crippen molar-refractivity contribution >= 4 is 51.6 Å². The predicted octanol–water partition coefficient (Wildman–Crippen LogP) is -2.16. The van der Waals surface area contributed by atoms with Gasteiger partial charge in [0.15, 0.2) is 0 Å². The summed E-state index contributed by atoms with van der Waals surface area (Å²) in [5.41, 5.74) is -5.35. The Morgan fingerprint density at radius 2 is 0.710 bits per heavy atom. The summed E-state index contributed by atoms with van der Waals surface area (Å²) in [6.45, 7) is -4.74. The fraction of sp³-hybridized carbons (Fsp3) is 1.00. The maximum absolute atomic E-state index is 11.5. The standard InChI is InChI=1S/C41H90N4O18S3Si.ClH.Na.H/c1-4-5-6-7-8-9-10-11-12-13-14-15-16-17-18-19-24-45(2,3)25-20-29-67(61-36-39(30-46,31-47)42-21-26-64(52,53)54,62-37-40(32-48,33-49)43-22-27-65(55,56)57)63-38-41(34-50,35-51)44-23-28-66(58,59)60;;;/h42-44,46-51H,4-38H2,1-3H3,(H2-,52,53,54,55,56,57,58,59,60);1H;;/q;;+1;-1/p+1. The van der Waals surface area contributed by atoms with E-state index in [0.29, 0.717) is 17.4 Å². The summed E-state index contributed by atoms with van der Waals surface area (Å²) in [4.78, 5) is 0. The van der Waals surface area contributed by atoms with Gasteiger partial charge < -0.3 is 65.8 Å². The summed E-state index contributed by atoms with van der Waals surface area (Å²) in [5.74, 6) is -2.40. The zero-order chi connectivity index (χ0) is 51.0. The Morgan fingerprint density at radius 1 is 0.464 bits per heavy atom. The van der Waals surface area contributed by atoms with E-state index >= 15 is 0 Å². The summed E-state index contributed by atoms with van der Waals surface area (Å²) in [6, 6.07) is -0.0541. The number of hydrogen-bond acceptors (Lipinski definition) is 18. The topological polar surface area (TPSA) is 348 Å². The van der Waals surface area contributed by atoms with Crippen LogP contribution < -0.4 is 45.5 Å². The molecule has 0 aromatic rings. The molecular weight excluding hydrogens is 1020 g/mol. The molecule has 0 aliphatic carbocycles. The van der Waals surface area contributed by atoms with Crippen molar-refractivity contribution in [3.8, 4) is 0 Å². The second kappa shape index (κ2) is 39.1. The van der Waals surface area contributed by atoms with Crippen molar-refractivity contribution in [2.24, 2.45) is 0 Å². The van der Waals surface area contributed by atoms with Crippen LogP contribution in [0.25, 0.3) is 0 Å². The number of quaternary nitrogens is 1. The fourth-order valence-corrected chi connectivity index (χ4v) is 11.1. The van der Waals surface area contributed by atoms with Gasteiger partial charge in [0.05, 0.1) is 121 Å². The third kappa shape index (κ3) is 37.2. The molecule has 0 rings (SSSR count). The van der Waals surface area contributed by atoms with E-state index in [1.54, 1.807) is 0 Å². The number of nitrogens with zero attached hydrogens (tertiary/aromatic N) is 1. The minimum absolute atomic E-state index is 0. The summed E-state index contributed by atoms with van der Waals surface area (Å²) < 4.78 is 117. The number of unbranched alkanes of at least 4 members (excludes halogenated alkanes) is 15. The van der Waals surface area contributed by atoms with Crippen LogP contribution in [-0.4, -0.2) is 223 Å².